The molecule has 17 heavy (non-hydrogen) atoms. The third-order valence-electron chi connectivity index (χ3n) is 2.67. The number of nitrogens with zero attached hydrogens (tertiary/aromatic N) is 4. The van der Waals surface area contributed by atoms with Crippen LogP contribution in [0.15, 0.2) is 18.6 Å². The molecule has 92 valence electrons. The highest BCUT2D eigenvalue weighted by atomic mass is 35.5. The van der Waals surface area contributed by atoms with Crippen LogP contribution in [0.4, 0.5) is 0 Å². The lowest BCUT2D eigenvalue weighted by Crippen LogP contribution is -2.17. The molecule has 0 aromatic carbocycles. The van der Waals surface area contributed by atoms with E-state index in [9.17, 15) is 5.11 Å². The van der Waals surface area contributed by atoms with Crippen molar-refractivity contribution in [2.75, 3.05) is 0 Å². The summed E-state index contributed by atoms with van der Waals surface area (Å²) in [6, 6.07) is 1.83. The van der Waals surface area contributed by atoms with Gasteiger partial charge in [-0.15, -0.1) is 0 Å². The third kappa shape index (κ3) is 2.50. The van der Waals surface area contributed by atoms with Gasteiger partial charge >= 0.3 is 0 Å². The minimum absolute atomic E-state index is 0.411. The van der Waals surface area contributed by atoms with Crippen LogP contribution < -0.4 is 0 Å². The predicted molar refractivity (Wildman–Crippen MR) is 65.7 cm³/mol. The lowest BCUT2D eigenvalue weighted by molar-refractivity contribution is 0.145. The highest BCUT2D eigenvalue weighted by Crippen LogP contribution is 2.22. The molecule has 1 atom stereocenters. The number of hydrogen-bond acceptors (Lipinski definition) is 3. The monoisotopic (exact) mass is 254 g/mol. The number of aryl methyl sites for hydroxylation is 1. The fourth-order valence-electron chi connectivity index (χ4n) is 1.67. The number of halogens is 1. The average molecular weight is 255 g/mol. The zero-order valence-electron chi connectivity index (χ0n) is 9.84. The predicted octanol–water partition coefficient (Wildman–Crippen LogP) is 1.71. The molecule has 0 aliphatic heterocycles. The Morgan fingerprint density at radius 2 is 2.29 bits per heavy atom. The van der Waals surface area contributed by atoms with Gasteiger partial charge in [0.15, 0.2) is 5.82 Å². The van der Waals surface area contributed by atoms with E-state index in [0.717, 1.165) is 5.69 Å². The molecule has 2 aromatic heterocycles. The first-order valence-electron chi connectivity index (χ1n) is 5.50. The maximum Gasteiger partial charge on any atom is 0.174 e. The summed E-state index contributed by atoms with van der Waals surface area (Å²) in [6.45, 7) is 2.37. The van der Waals surface area contributed by atoms with Crippen molar-refractivity contribution in [2.45, 2.75) is 26.0 Å². The molecule has 1 N–H and O–H groups in total. The zero-order valence-corrected chi connectivity index (χ0v) is 10.6. The molecule has 0 saturated heterocycles. The summed E-state index contributed by atoms with van der Waals surface area (Å²) in [7, 11) is 1.90. The van der Waals surface area contributed by atoms with Crippen LogP contribution in [0.1, 0.15) is 13.3 Å². The summed E-state index contributed by atoms with van der Waals surface area (Å²) < 4.78 is 3.58. The fourth-order valence-corrected chi connectivity index (χ4v) is 1.92. The minimum Gasteiger partial charge on any atom is -0.391 e. The molecule has 6 heteroatoms. The van der Waals surface area contributed by atoms with E-state index in [0.29, 0.717) is 23.8 Å². The Morgan fingerprint density at radius 1 is 1.53 bits per heavy atom. The average Bonchev–Trinajstić information content (AvgIpc) is 2.85. The normalized spacial score (nSPS) is 12.9. The molecular formula is C11H15ClN4O. The van der Waals surface area contributed by atoms with E-state index >= 15 is 0 Å². The first-order valence-corrected chi connectivity index (χ1v) is 5.87. The van der Waals surface area contributed by atoms with E-state index in [4.69, 9.17) is 11.6 Å². The summed E-state index contributed by atoms with van der Waals surface area (Å²) in [5.41, 5.74) is 0.885. The molecule has 0 radical (unpaired) electrons. The molecule has 0 fully saturated rings. The second-order valence-corrected chi connectivity index (χ2v) is 4.42. The summed E-state index contributed by atoms with van der Waals surface area (Å²) in [4.78, 5) is 4.21. The van der Waals surface area contributed by atoms with Gasteiger partial charge in [-0.1, -0.05) is 18.5 Å². The molecule has 2 heterocycles. The van der Waals surface area contributed by atoms with Crippen molar-refractivity contribution in [1.82, 2.24) is 19.3 Å². The summed E-state index contributed by atoms with van der Waals surface area (Å²) in [6.07, 6.45) is 3.57. The summed E-state index contributed by atoms with van der Waals surface area (Å²) in [5.74, 6) is 0.715. The molecule has 0 bridgehead atoms. The van der Waals surface area contributed by atoms with Gasteiger partial charge in [0.25, 0.3) is 0 Å². The topological polar surface area (TPSA) is 55.9 Å². The van der Waals surface area contributed by atoms with Crippen LogP contribution in [0.2, 0.25) is 5.02 Å². The molecule has 0 aliphatic carbocycles. The molecule has 2 aromatic rings. The number of aliphatic hydroxyl groups is 1. The van der Waals surface area contributed by atoms with Gasteiger partial charge < -0.3 is 9.67 Å². The van der Waals surface area contributed by atoms with E-state index in [-0.39, 0.29) is 0 Å². The Balaban J connectivity index is 2.33. The molecule has 0 aliphatic rings. The Hall–Kier alpha value is -1.33. The third-order valence-corrected chi connectivity index (χ3v) is 2.88. The zero-order chi connectivity index (χ0) is 12.4. The fraction of sp³-hybridized carbons (Fsp3) is 0.455. The summed E-state index contributed by atoms with van der Waals surface area (Å²) in [5, 5.41) is 14.4. The molecule has 0 amide bonds. The Labute approximate surface area is 105 Å². The number of hydrogen-bond donors (Lipinski definition) is 1. The van der Waals surface area contributed by atoms with Crippen molar-refractivity contribution in [3.63, 3.8) is 0 Å². The van der Waals surface area contributed by atoms with E-state index < -0.39 is 6.10 Å². The van der Waals surface area contributed by atoms with Gasteiger partial charge in [-0.3, -0.25) is 0 Å². The van der Waals surface area contributed by atoms with Crippen LogP contribution in [0, 0.1) is 0 Å². The van der Waals surface area contributed by atoms with Gasteiger partial charge in [-0.05, 0) is 12.5 Å². The molecule has 0 spiro atoms. The number of aliphatic hydroxyl groups excluding tert-OH is 1. The lowest BCUT2D eigenvalue weighted by Gasteiger charge is -2.10. The van der Waals surface area contributed by atoms with E-state index in [2.05, 4.69) is 10.1 Å². The van der Waals surface area contributed by atoms with E-state index in [1.54, 1.807) is 4.68 Å². The van der Waals surface area contributed by atoms with Crippen LogP contribution >= 0.6 is 11.6 Å². The second-order valence-electron chi connectivity index (χ2n) is 3.98. The van der Waals surface area contributed by atoms with Crippen molar-refractivity contribution >= 4 is 11.6 Å². The van der Waals surface area contributed by atoms with Crippen molar-refractivity contribution in [3.05, 3.63) is 23.6 Å². The van der Waals surface area contributed by atoms with Gasteiger partial charge in [-0.25, -0.2) is 9.67 Å². The smallest absolute Gasteiger partial charge is 0.174 e. The molecule has 2 rings (SSSR count). The quantitative estimate of drug-likeness (QED) is 0.904. The van der Waals surface area contributed by atoms with Gasteiger partial charge in [0.2, 0.25) is 0 Å². The molecule has 1 unspecified atom stereocenters. The standard InChI is InChI=1S/C11H15ClN4O/c1-3-9(17)6-16-11(13-7-14-16)10-4-8(12)5-15(10)2/h4-5,7,9,17H,3,6H2,1-2H3. The first kappa shape index (κ1) is 12.1. The Bertz CT molecular complexity index is 505. The van der Waals surface area contributed by atoms with Crippen LogP contribution in [-0.2, 0) is 13.6 Å². The highest BCUT2D eigenvalue weighted by molar-refractivity contribution is 6.30. The van der Waals surface area contributed by atoms with Crippen LogP contribution in [0.3, 0.4) is 0 Å². The highest BCUT2D eigenvalue weighted by Gasteiger charge is 2.13. The van der Waals surface area contributed by atoms with Crippen molar-refractivity contribution in [1.29, 1.82) is 0 Å². The second kappa shape index (κ2) is 4.89. The van der Waals surface area contributed by atoms with Crippen LogP contribution in [-0.4, -0.2) is 30.5 Å². The Morgan fingerprint density at radius 3 is 2.88 bits per heavy atom. The van der Waals surface area contributed by atoms with Crippen LogP contribution in [0.5, 0.6) is 0 Å². The van der Waals surface area contributed by atoms with Crippen molar-refractivity contribution in [2.24, 2.45) is 7.05 Å². The molecule has 0 saturated carbocycles. The van der Waals surface area contributed by atoms with E-state index in [1.807, 2.05) is 30.8 Å². The van der Waals surface area contributed by atoms with Crippen LogP contribution in [0.25, 0.3) is 11.5 Å². The molecule has 5 nitrogen and oxygen atoms in total. The first-order chi connectivity index (χ1) is 8.11. The Kier molecular flexibility index (Phi) is 3.49. The lowest BCUT2D eigenvalue weighted by atomic mass is 10.3. The van der Waals surface area contributed by atoms with Gasteiger partial charge in [-0.2, -0.15) is 5.10 Å². The minimum atomic E-state index is -0.411. The van der Waals surface area contributed by atoms with Crippen molar-refractivity contribution < 1.29 is 5.11 Å². The maximum absolute atomic E-state index is 9.65. The number of aromatic nitrogens is 4. The SMILES string of the molecule is CCC(O)Cn1ncnc1-c1cc(Cl)cn1C. The van der Waals surface area contributed by atoms with Crippen molar-refractivity contribution in [3.8, 4) is 11.5 Å². The molecular weight excluding hydrogens is 240 g/mol. The van der Waals surface area contributed by atoms with Gasteiger partial charge in [0, 0.05) is 13.2 Å². The van der Waals surface area contributed by atoms with Gasteiger partial charge in [0.1, 0.15) is 6.33 Å². The summed E-state index contributed by atoms with van der Waals surface area (Å²) >= 11 is 5.94. The largest absolute Gasteiger partial charge is 0.391 e. The maximum atomic E-state index is 9.65. The van der Waals surface area contributed by atoms with Gasteiger partial charge in [0.05, 0.1) is 23.4 Å². The van der Waals surface area contributed by atoms with E-state index in [1.165, 1.54) is 6.33 Å². The number of rotatable bonds is 4.